The highest BCUT2D eigenvalue weighted by molar-refractivity contribution is 7.89. The van der Waals surface area contributed by atoms with Crippen LogP contribution in [0.2, 0.25) is 0 Å². The summed E-state index contributed by atoms with van der Waals surface area (Å²) in [5.41, 5.74) is 4.83. The number of rotatable bonds is 4. The lowest BCUT2D eigenvalue weighted by atomic mass is 9.99. The van der Waals surface area contributed by atoms with Crippen LogP contribution in [0.4, 0.5) is 25.4 Å². The fourth-order valence-corrected chi connectivity index (χ4v) is 8.57. The molecular weight excluding hydrogens is 696 g/mol. The molecule has 2 fully saturated rings. The van der Waals surface area contributed by atoms with Crippen molar-refractivity contribution < 1.29 is 27.1 Å². The van der Waals surface area contributed by atoms with Crippen LogP contribution in [0.5, 0.6) is 5.75 Å². The van der Waals surface area contributed by atoms with Gasteiger partial charge in [-0.2, -0.15) is 0 Å². The standard InChI is InChI=1S/C21H26N4O3S.C19H19FN2O2/c1-23(2)29(27,28)19-7-8-20-16(13-19)6-4-11-25(20)21(26)24-12-9-18(15-24)17-5-3-10-22-14-17;20-16-7-5-14(6-8-16)15-9-10-21(13-15)19(23)22-11-12-24-18-4-2-1-3-17(18)22/h3,5,7-8,10,13-14,18H,4,6,9,11-12,15H2,1-2H3;1-8,15H,9-13H2. The van der Waals surface area contributed by atoms with E-state index in [0.29, 0.717) is 38.7 Å². The SMILES string of the molecule is CN(C)S(=O)(=O)c1ccc2c(c1)CCCN2C(=O)N1CCC(c2cccnc2)C1.O=C(N1CCC(c2ccc(F)cc2)C1)N1CCOc2ccccc21. The van der Waals surface area contributed by atoms with E-state index in [0.717, 1.165) is 67.0 Å². The molecule has 4 aromatic rings. The van der Waals surface area contributed by atoms with E-state index in [1.165, 1.54) is 36.1 Å². The molecule has 4 aliphatic heterocycles. The molecular formula is C40H45FN6O5S. The van der Waals surface area contributed by atoms with E-state index in [-0.39, 0.29) is 28.7 Å². The summed E-state index contributed by atoms with van der Waals surface area (Å²) in [6, 6.07) is 23.3. The van der Waals surface area contributed by atoms with Crippen molar-refractivity contribution in [2.24, 2.45) is 0 Å². The van der Waals surface area contributed by atoms with E-state index in [2.05, 4.69) is 11.1 Å². The van der Waals surface area contributed by atoms with Crippen molar-refractivity contribution in [1.29, 1.82) is 0 Å². The summed E-state index contributed by atoms with van der Waals surface area (Å²) in [4.78, 5) is 38.0. The minimum absolute atomic E-state index is 0.000516. The van der Waals surface area contributed by atoms with E-state index in [1.807, 2.05) is 58.5 Å². The molecule has 0 radical (unpaired) electrons. The van der Waals surface area contributed by atoms with Gasteiger partial charge in [0.1, 0.15) is 18.2 Å². The summed E-state index contributed by atoms with van der Waals surface area (Å²) in [6.45, 7) is 4.52. The number of pyridine rings is 1. The van der Waals surface area contributed by atoms with Crippen molar-refractivity contribution in [2.75, 3.05) is 69.8 Å². The topological polar surface area (TPSA) is 107 Å². The minimum Gasteiger partial charge on any atom is -0.490 e. The largest absolute Gasteiger partial charge is 0.490 e. The Labute approximate surface area is 310 Å². The average Bonchev–Trinajstić information content (AvgIpc) is 3.89. The van der Waals surface area contributed by atoms with E-state index in [1.54, 1.807) is 34.2 Å². The van der Waals surface area contributed by atoms with Crippen LogP contribution < -0.4 is 14.5 Å². The second-order valence-electron chi connectivity index (χ2n) is 14.1. The third-order valence-corrected chi connectivity index (χ3v) is 12.4. The molecule has 0 N–H and O–H groups in total. The third kappa shape index (κ3) is 7.72. The lowest BCUT2D eigenvalue weighted by molar-refractivity contribution is 0.209. The van der Waals surface area contributed by atoms with Gasteiger partial charge in [0, 0.05) is 76.7 Å². The Morgan fingerprint density at radius 2 is 1.47 bits per heavy atom. The first-order valence-corrected chi connectivity index (χ1v) is 19.6. The van der Waals surface area contributed by atoms with Gasteiger partial charge in [0.15, 0.2) is 0 Å². The number of hydrogen-bond donors (Lipinski definition) is 0. The number of anilines is 2. The number of fused-ring (bicyclic) bond motifs is 2. The molecule has 0 saturated carbocycles. The Bertz CT molecular complexity index is 2050. The van der Waals surface area contributed by atoms with E-state index in [4.69, 9.17) is 4.74 Å². The normalized spacial score (nSPS) is 19.6. The van der Waals surface area contributed by atoms with E-state index in [9.17, 15) is 22.4 Å². The van der Waals surface area contributed by atoms with Crippen LogP contribution in [0.1, 0.15) is 47.8 Å². The Morgan fingerprint density at radius 3 is 2.15 bits per heavy atom. The molecule has 3 aromatic carbocycles. The number of carbonyl (C=O) groups is 2. The number of likely N-dealkylation sites (tertiary alicyclic amines) is 2. The predicted molar refractivity (Wildman–Crippen MR) is 202 cm³/mol. The van der Waals surface area contributed by atoms with Crippen LogP contribution in [0, 0.1) is 5.82 Å². The monoisotopic (exact) mass is 740 g/mol. The van der Waals surface area contributed by atoms with Gasteiger partial charge in [0.25, 0.3) is 0 Å². The highest BCUT2D eigenvalue weighted by atomic mass is 32.2. The maximum Gasteiger partial charge on any atom is 0.324 e. The molecule has 0 bridgehead atoms. The van der Waals surface area contributed by atoms with Gasteiger partial charge in [0.2, 0.25) is 10.0 Å². The molecule has 2 saturated heterocycles. The maximum absolute atomic E-state index is 13.2. The number of hydrogen-bond acceptors (Lipinski definition) is 6. The lowest BCUT2D eigenvalue weighted by Crippen LogP contribution is -2.45. The number of aromatic nitrogens is 1. The first kappa shape index (κ1) is 36.4. The van der Waals surface area contributed by atoms with Crippen LogP contribution >= 0.6 is 0 Å². The molecule has 0 aliphatic carbocycles. The summed E-state index contributed by atoms with van der Waals surface area (Å²) in [7, 11) is -0.439. The lowest BCUT2D eigenvalue weighted by Gasteiger charge is -2.33. The Kier molecular flexibility index (Phi) is 10.7. The summed E-state index contributed by atoms with van der Waals surface area (Å²) in [5.74, 6) is 1.11. The molecule has 8 rings (SSSR count). The van der Waals surface area contributed by atoms with Gasteiger partial charge in [-0.15, -0.1) is 0 Å². The smallest absolute Gasteiger partial charge is 0.324 e. The summed E-state index contributed by atoms with van der Waals surface area (Å²) < 4.78 is 44.8. The first-order valence-electron chi connectivity index (χ1n) is 18.2. The highest BCUT2D eigenvalue weighted by Crippen LogP contribution is 2.35. The van der Waals surface area contributed by atoms with E-state index < -0.39 is 10.0 Å². The van der Waals surface area contributed by atoms with Crippen molar-refractivity contribution in [3.63, 3.8) is 0 Å². The van der Waals surface area contributed by atoms with Gasteiger partial charge >= 0.3 is 12.1 Å². The highest BCUT2D eigenvalue weighted by Gasteiger charge is 2.34. The van der Waals surface area contributed by atoms with Gasteiger partial charge < -0.3 is 14.5 Å². The van der Waals surface area contributed by atoms with Crippen LogP contribution in [0.25, 0.3) is 0 Å². The molecule has 2 unspecified atom stereocenters. The molecule has 13 heteroatoms. The van der Waals surface area contributed by atoms with Gasteiger partial charge in [-0.3, -0.25) is 14.8 Å². The van der Waals surface area contributed by atoms with Gasteiger partial charge in [-0.25, -0.2) is 26.7 Å². The molecule has 0 spiro atoms. The van der Waals surface area contributed by atoms with Crippen LogP contribution in [-0.4, -0.2) is 99.5 Å². The predicted octanol–water partition coefficient (Wildman–Crippen LogP) is 6.33. The quantitative estimate of drug-likeness (QED) is 0.242. The summed E-state index contributed by atoms with van der Waals surface area (Å²) in [6.07, 6.45) is 7.07. The number of sulfonamides is 1. The first-order chi connectivity index (χ1) is 25.6. The maximum atomic E-state index is 13.2. The van der Waals surface area contributed by atoms with Gasteiger partial charge in [0.05, 0.1) is 17.1 Å². The summed E-state index contributed by atoms with van der Waals surface area (Å²) in [5, 5.41) is 0. The minimum atomic E-state index is -3.49. The number of nitrogens with zero attached hydrogens (tertiary/aromatic N) is 6. The van der Waals surface area contributed by atoms with Crippen molar-refractivity contribution in [3.8, 4) is 5.75 Å². The number of halogens is 1. The molecule has 5 heterocycles. The molecule has 4 aliphatic rings. The average molecular weight is 741 g/mol. The van der Waals surface area contributed by atoms with Crippen molar-refractivity contribution in [1.82, 2.24) is 19.1 Å². The Balaban J connectivity index is 0.000000167. The van der Waals surface area contributed by atoms with Crippen molar-refractivity contribution in [2.45, 2.75) is 42.4 Å². The fourth-order valence-electron chi connectivity index (χ4n) is 7.62. The van der Waals surface area contributed by atoms with Crippen LogP contribution in [0.3, 0.4) is 0 Å². The zero-order valence-corrected chi connectivity index (χ0v) is 30.9. The number of para-hydroxylation sites is 2. The van der Waals surface area contributed by atoms with Crippen molar-refractivity contribution >= 4 is 33.5 Å². The molecule has 53 heavy (non-hydrogen) atoms. The fraction of sp³-hybridized carbons (Fsp3) is 0.375. The van der Waals surface area contributed by atoms with Gasteiger partial charge in [-0.05, 0) is 90.9 Å². The van der Waals surface area contributed by atoms with Crippen LogP contribution in [0.15, 0.2) is 96.2 Å². The Morgan fingerprint density at radius 1 is 0.792 bits per heavy atom. The number of carbonyl (C=O) groups excluding carboxylic acids is 2. The number of ether oxygens (including phenoxy) is 1. The number of urea groups is 2. The Hall–Kier alpha value is -5.01. The number of aryl methyl sites for hydroxylation is 1. The molecule has 4 amide bonds. The second-order valence-corrected chi connectivity index (χ2v) is 16.2. The number of amides is 4. The molecule has 11 nitrogen and oxygen atoms in total. The third-order valence-electron chi connectivity index (χ3n) is 10.6. The second kappa shape index (κ2) is 15.5. The zero-order valence-electron chi connectivity index (χ0n) is 30.1. The molecule has 278 valence electrons. The van der Waals surface area contributed by atoms with Crippen LogP contribution in [-0.2, 0) is 16.4 Å². The zero-order chi connectivity index (χ0) is 37.1. The molecule has 2 atom stereocenters. The van der Waals surface area contributed by atoms with Gasteiger partial charge in [-0.1, -0.05) is 30.3 Å². The number of benzene rings is 3. The van der Waals surface area contributed by atoms with E-state index >= 15 is 0 Å². The van der Waals surface area contributed by atoms with Crippen molar-refractivity contribution in [3.05, 3.63) is 114 Å². The molecule has 1 aromatic heterocycles. The summed E-state index contributed by atoms with van der Waals surface area (Å²) >= 11 is 0.